The van der Waals surface area contributed by atoms with Crippen LogP contribution in [0, 0.1) is 28.6 Å². The van der Waals surface area contributed by atoms with E-state index >= 15 is 0 Å². The fraction of sp³-hybridized carbons (Fsp3) is 0.917. The maximum absolute atomic E-state index is 10.6. The highest BCUT2D eigenvalue weighted by Crippen LogP contribution is 2.64. The quantitative estimate of drug-likeness (QED) is 0.673. The van der Waals surface area contributed by atoms with E-state index in [1.54, 1.807) is 5.57 Å². The number of allylic oxidation sites excluding steroid dienone is 1. The molecule has 0 aromatic carbocycles. The largest absolute Gasteiger partial charge is 0.393 e. The van der Waals surface area contributed by atoms with E-state index in [4.69, 9.17) is 9.47 Å². The molecule has 1 saturated heterocycles. The van der Waals surface area contributed by atoms with Crippen LogP contribution in [0.1, 0.15) is 84.5 Å². The van der Waals surface area contributed by atoms with Crippen molar-refractivity contribution in [3.63, 3.8) is 0 Å². The second kappa shape index (κ2) is 6.85. The predicted octanol–water partition coefficient (Wildman–Crippen LogP) is 5.22. The summed E-state index contributed by atoms with van der Waals surface area (Å²) in [5.74, 6) is 2.33. The van der Waals surface area contributed by atoms with Crippen LogP contribution < -0.4 is 0 Å². The zero-order valence-corrected chi connectivity index (χ0v) is 17.3. The third-order valence-corrected chi connectivity index (χ3v) is 9.49. The van der Waals surface area contributed by atoms with Gasteiger partial charge in [-0.3, -0.25) is 0 Å². The van der Waals surface area contributed by atoms with Crippen LogP contribution >= 0.6 is 0 Å². The van der Waals surface area contributed by atoms with Gasteiger partial charge in [-0.2, -0.15) is 0 Å². The van der Waals surface area contributed by atoms with Crippen LogP contribution in [0.25, 0.3) is 0 Å². The molecule has 0 aromatic rings. The lowest BCUT2D eigenvalue weighted by Gasteiger charge is -2.57. The van der Waals surface area contributed by atoms with Gasteiger partial charge in [-0.15, -0.1) is 0 Å². The Morgan fingerprint density at radius 3 is 2.74 bits per heavy atom. The van der Waals surface area contributed by atoms with Gasteiger partial charge in [-0.25, -0.2) is 0 Å². The molecule has 5 aliphatic rings. The number of ether oxygens (including phenoxy) is 2. The standard InChI is InChI=1S/C24H38O3/c1-23-12-10-17(27-22-5-3-4-14-26-22)15-16(23)6-7-18-19-8-9-21(25)24(19,2)13-11-20(18)23/h6,17-22,25H,3-5,7-15H2,1-2H3/t17-,18+,19+,20+,21-,22+,23-,24-/m0/s1. The average Bonchev–Trinajstić information content (AvgIpc) is 2.98. The average molecular weight is 375 g/mol. The van der Waals surface area contributed by atoms with Gasteiger partial charge < -0.3 is 14.6 Å². The summed E-state index contributed by atoms with van der Waals surface area (Å²) in [7, 11) is 0. The van der Waals surface area contributed by atoms with Gasteiger partial charge in [0.2, 0.25) is 0 Å². The molecule has 152 valence electrons. The molecule has 4 aliphatic carbocycles. The monoisotopic (exact) mass is 374 g/mol. The van der Waals surface area contributed by atoms with Crippen molar-refractivity contribution in [2.45, 2.75) is 103 Å². The number of hydrogen-bond acceptors (Lipinski definition) is 3. The van der Waals surface area contributed by atoms with Crippen molar-refractivity contribution >= 4 is 0 Å². The fourth-order valence-corrected chi connectivity index (χ4v) is 7.75. The van der Waals surface area contributed by atoms with Crippen molar-refractivity contribution in [1.82, 2.24) is 0 Å². The maximum Gasteiger partial charge on any atom is 0.157 e. The van der Waals surface area contributed by atoms with Gasteiger partial charge in [0, 0.05) is 6.61 Å². The number of hydrogen-bond donors (Lipinski definition) is 1. The summed E-state index contributed by atoms with van der Waals surface area (Å²) in [5.41, 5.74) is 2.23. The molecule has 1 N–H and O–H groups in total. The minimum absolute atomic E-state index is 0.0420. The molecule has 5 rings (SSSR count). The Labute approximate surface area is 164 Å². The van der Waals surface area contributed by atoms with Gasteiger partial charge in [0.25, 0.3) is 0 Å². The number of rotatable bonds is 2. The van der Waals surface area contributed by atoms with Crippen molar-refractivity contribution in [1.29, 1.82) is 0 Å². The normalized spacial score (nSPS) is 52.5. The Kier molecular flexibility index (Phi) is 4.73. The molecule has 0 radical (unpaired) electrons. The van der Waals surface area contributed by atoms with E-state index in [2.05, 4.69) is 19.9 Å². The van der Waals surface area contributed by atoms with Crippen LogP contribution in [0.2, 0.25) is 0 Å². The summed E-state index contributed by atoms with van der Waals surface area (Å²) < 4.78 is 12.2. The molecular formula is C24H38O3. The van der Waals surface area contributed by atoms with Gasteiger partial charge in [0.05, 0.1) is 12.2 Å². The second-order valence-electron chi connectivity index (χ2n) is 10.7. The van der Waals surface area contributed by atoms with Crippen molar-refractivity contribution < 1.29 is 14.6 Å². The number of aliphatic hydroxyl groups excluding tert-OH is 1. The Balaban J connectivity index is 1.32. The zero-order valence-electron chi connectivity index (χ0n) is 17.3. The van der Waals surface area contributed by atoms with Gasteiger partial charge >= 0.3 is 0 Å². The van der Waals surface area contributed by atoms with Crippen molar-refractivity contribution in [3.05, 3.63) is 11.6 Å². The Hall–Kier alpha value is -0.380. The van der Waals surface area contributed by atoms with E-state index in [0.29, 0.717) is 11.5 Å². The lowest BCUT2D eigenvalue weighted by Crippen LogP contribution is -2.51. The van der Waals surface area contributed by atoms with Gasteiger partial charge in [-0.05, 0) is 99.2 Å². The van der Waals surface area contributed by atoms with E-state index in [1.165, 1.54) is 51.4 Å². The van der Waals surface area contributed by atoms with E-state index in [-0.39, 0.29) is 17.8 Å². The molecule has 0 amide bonds. The minimum atomic E-state index is -0.0683. The van der Waals surface area contributed by atoms with E-state index in [0.717, 1.165) is 43.6 Å². The van der Waals surface area contributed by atoms with E-state index in [1.807, 2.05) is 0 Å². The Morgan fingerprint density at radius 1 is 1.04 bits per heavy atom. The molecule has 1 heterocycles. The van der Waals surface area contributed by atoms with Crippen molar-refractivity contribution in [2.75, 3.05) is 6.61 Å². The van der Waals surface area contributed by atoms with Crippen molar-refractivity contribution in [3.8, 4) is 0 Å². The summed E-state index contributed by atoms with van der Waals surface area (Å²) in [6, 6.07) is 0. The lowest BCUT2D eigenvalue weighted by atomic mass is 9.48. The van der Waals surface area contributed by atoms with Gasteiger partial charge in [0.1, 0.15) is 0 Å². The third-order valence-electron chi connectivity index (χ3n) is 9.49. The molecule has 3 heteroatoms. The summed E-state index contributed by atoms with van der Waals surface area (Å²) >= 11 is 0. The summed E-state index contributed by atoms with van der Waals surface area (Å²) in [6.45, 7) is 5.80. The van der Waals surface area contributed by atoms with E-state index in [9.17, 15) is 5.11 Å². The van der Waals surface area contributed by atoms with E-state index < -0.39 is 0 Å². The van der Waals surface area contributed by atoms with Crippen LogP contribution in [-0.2, 0) is 9.47 Å². The van der Waals surface area contributed by atoms with Crippen LogP contribution in [0.15, 0.2) is 11.6 Å². The number of fused-ring (bicyclic) bond motifs is 5. The highest BCUT2D eigenvalue weighted by molar-refractivity contribution is 5.25. The van der Waals surface area contributed by atoms with Crippen LogP contribution in [-0.4, -0.2) is 30.2 Å². The first-order chi connectivity index (χ1) is 13.0. The predicted molar refractivity (Wildman–Crippen MR) is 106 cm³/mol. The zero-order chi connectivity index (χ0) is 18.6. The van der Waals surface area contributed by atoms with Gasteiger partial charge in [-0.1, -0.05) is 25.5 Å². The first kappa shape index (κ1) is 18.6. The molecule has 0 aromatic heterocycles. The van der Waals surface area contributed by atoms with Gasteiger partial charge in [0.15, 0.2) is 6.29 Å². The smallest absolute Gasteiger partial charge is 0.157 e. The molecule has 0 bridgehead atoms. The fourth-order valence-electron chi connectivity index (χ4n) is 7.75. The summed E-state index contributed by atoms with van der Waals surface area (Å²) in [4.78, 5) is 0. The molecule has 8 atom stereocenters. The van der Waals surface area contributed by atoms with Crippen LogP contribution in [0.4, 0.5) is 0 Å². The first-order valence-corrected chi connectivity index (χ1v) is 11.7. The highest BCUT2D eigenvalue weighted by Gasteiger charge is 2.58. The molecule has 4 fully saturated rings. The summed E-state index contributed by atoms with van der Waals surface area (Å²) in [5, 5.41) is 10.6. The lowest BCUT2D eigenvalue weighted by molar-refractivity contribution is -0.195. The maximum atomic E-state index is 10.6. The van der Waals surface area contributed by atoms with Crippen LogP contribution in [0.3, 0.4) is 0 Å². The van der Waals surface area contributed by atoms with Crippen LogP contribution in [0.5, 0.6) is 0 Å². The molecular weight excluding hydrogens is 336 g/mol. The SMILES string of the molecule is C[C@]12CC[C@@H]3[C@H](CC=C4C[C@@H](O[C@@H]5CCCCO5)CC[C@@]43C)[C@H]1CC[C@@H]2O. The topological polar surface area (TPSA) is 38.7 Å². The molecule has 3 saturated carbocycles. The molecule has 3 nitrogen and oxygen atoms in total. The third kappa shape index (κ3) is 2.95. The minimum Gasteiger partial charge on any atom is -0.393 e. The Bertz CT molecular complexity index is 594. The molecule has 0 spiro atoms. The molecule has 1 aliphatic heterocycles. The summed E-state index contributed by atoms with van der Waals surface area (Å²) in [6.07, 6.45) is 16.0. The first-order valence-electron chi connectivity index (χ1n) is 11.7. The molecule has 27 heavy (non-hydrogen) atoms. The second-order valence-corrected chi connectivity index (χ2v) is 10.7. The van der Waals surface area contributed by atoms with Crippen molar-refractivity contribution in [2.24, 2.45) is 28.6 Å². The number of aliphatic hydroxyl groups is 1. The Morgan fingerprint density at radius 2 is 1.93 bits per heavy atom. The highest BCUT2D eigenvalue weighted by atomic mass is 16.7. The molecule has 0 unspecified atom stereocenters.